The van der Waals surface area contributed by atoms with E-state index in [1.165, 1.54) is 4.40 Å². The van der Waals surface area contributed by atoms with Crippen molar-refractivity contribution in [1.82, 2.24) is 19.6 Å². The summed E-state index contributed by atoms with van der Waals surface area (Å²) in [5, 5.41) is 6.29. The van der Waals surface area contributed by atoms with Gasteiger partial charge in [0.2, 0.25) is 0 Å². The fraction of sp³-hybridized carbons (Fsp3) is 0. The Morgan fingerprint density at radius 2 is 1.94 bits per heavy atom. The molecule has 5 nitrogen and oxygen atoms in total. The minimum Gasteiger partial charge on any atom is -0.246 e. The Morgan fingerprint density at radius 3 is 2.75 bits per heavy atom. The standard InChI is InChI=1S/C11H8N4O/c16-11-14-13-9-6-7-12-10(15(9)11)8-4-2-1-3-5-8/h1-7H,(H,14,16). The monoisotopic (exact) mass is 212 g/mol. The maximum absolute atomic E-state index is 11.6. The number of aromatic amines is 1. The highest BCUT2D eigenvalue weighted by atomic mass is 16.1. The maximum Gasteiger partial charge on any atom is 0.349 e. The molecule has 2 aromatic heterocycles. The summed E-state index contributed by atoms with van der Waals surface area (Å²) in [5.74, 6) is 0.594. The summed E-state index contributed by atoms with van der Waals surface area (Å²) in [6.45, 7) is 0. The molecule has 0 amide bonds. The molecule has 3 aromatic rings. The van der Waals surface area contributed by atoms with E-state index in [9.17, 15) is 4.79 Å². The Balaban J connectivity index is 2.40. The summed E-state index contributed by atoms with van der Waals surface area (Å²) in [4.78, 5) is 15.8. The Labute approximate surface area is 90.4 Å². The molecule has 0 spiro atoms. The molecule has 0 radical (unpaired) electrons. The lowest BCUT2D eigenvalue weighted by atomic mass is 10.2. The average Bonchev–Trinajstić information content (AvgIpc) is 2.73. The van der Waals surface area contributed by atoms with Crippen LogP contribution in [-0.4, -0.2) is 19.6 Å². The van der Waals surface area contributed by atoms with Crippen molar-refractivity contribution in [3.8, 4) is 11.4 Å². The first kappa shape index (κ1) is 8.84. The second-order valence-electron chi connectivity index (χ2n) is 3.36. The highest BCUT2D eigenvalue weighted by molar-refractivity contribution is 5.58. The Kier molecular flexibility index (Phi) is 1.83. The van der Waals surface area contributed by atoms with E-state index in [1.807, 2.05) is 30.3 Å². The van der Waals surface area contributed by atoms with E-state index in [0.717, 1.165) is 5.56 Å². The van der Waals surface area contributed by atoms with E-state index < -0.39 is 0 Å². The number of hydrogen-bond acceptors (Lipinski definition) is 3. The third-order valence-electron chi connectivity index (χ3n) is 2.36. The molecule has 0 bridgehead atoms. The van der Waals surface area contributed by atoms with Gasteiger partial charge in [0.05, 0.1) is 0 Å². The zero-order chi connectivity index (χ0) is 11.0. The second-order valence-corrected chi connectivity index (χ2v) is 3.36. The molecule has 0 saturated carbocycles. The van der Waals surface area contributed by atoms with Gasteiger partial charge in [-0.25, -0.2) is 19.3 Å². The fourth-order valence-corrected chi connectivity index (χ4v) is 1.65. The summed E-state index contributed by atoms with van der Waals surface area (Å²) < 4.78 is 1.45. The Morgan fingerprint density at radius 1 is 1.12 bits per heavy atom. The van der Waals surface area contributed by atoms with Crippen LogP contribution in [-0.2, 0) is 0 Å². The molecule has 1 N–H and O–H groups in total. The van der Waals surface area contributed by atoms with Crippen LogP contribution in [0.4, 0.5) is 0 Å². The quantitative estimate of drug-likeness (QED) is 0.656. The Bertz CT molecular complexity index is 684. The van der Waals surface area contributed by atoms with Gasteiger partial charge >= 0.3 is 5.69 Å². The highest BCUT2D eigenvalue weighted by Crippen LogP contribution is 2.15. The van der Waals surface area contributed by atoms with Gasteiger partial charge < -0.3 is 0 Å². The number of benzene rings is 1. The van der Waals surface area contributed by atoms with Crippen molar-refractivity contribution in [2.45, 2.75) is 0 Å². The van der Waals surface area contributed by atoms with E-state index >= 15 is 0 Å². The van der Waals surface area contributed by atoms with Crippen molar-refractivity contribution >= 4 is 5.65 Å². The molecular weight excluding hydrogens is 204 g/mol. The lowest BCUT2D eigenvalue weighted by Gasteiger charge is -2.01. The molecule has 0 fully saturated rings. The predicted octanol–water partition coefficient (Wildman–Crippen LogP) is 1.08. The molecule has 3 rings (SSSR count). The SMILES string of the molecule is O=c1[nH]nc2ccnc(-c3ccccc3)n12. The third-order valence-corrected chi connectivity index (χ3v) is 2.36. The molecule has 0 atom stereocenters. The lowest BCUT2D eigenvalue weighted by molar-refractivity contribution is 1.00. The fourth-order valence-electron chi connectivity index (χ4n) is 1.65. The molecule has 78 valence electrons. The molecule has 5 heteroatoms. The maximum atomic E-state index is 11.6. The zero-order valence-electron chi connectivity index (χ0n) is 8.29. The number of rotatable bonds is 1. The van der Waals surface area contributed by atoms with Gasteiger partial charge in [0, 0.05) is 17.8 Å². The summed E-state index contributed by atoms with van der Waals surface area (Å²) in [6, 6.07) is 11.2. The van der Waals surface area contributed by atoms with Crippen molar-refractivity contribution in [2.75, 3.05) is 0 Å². The van der Waals surface area contributed by atoms with Crippen LogP contribution in [0.5, 0.6) is 0 Å². The predicted molar refractivity (Wildman–Crippen MR) is 59.0 cm³/mol. The smallest absolute Gasteiger partial charge is 0.246 e. The van der Waals surface area contributed by atoms with Crippen molar-refractivity contribution in [2.24, 2.45) is 0 Å². The van der Waals surface area contributed by atoms with E-state index in [0.29, 0.717) is 11.5 Å². The lowest BCUT2D eigenvalue weighted by Crippen LogP contribution is -2.12. The first-order valence-electron chi connectivity index (χ1n) is 4.84. The largest absolute Gasteiger partial charge is 0.349 e. The zero-order valence-corrected chi connectivity index (χ0v) is 8.29. The van der Waals surface area contributed by atoms with Gasteiger partial charge in [-0.05, 0) is 0 Å². The van der Waals surface area contributed by atoms with Crippen LogP contribution >= 0.6 is 0 Å². The van der Waals surface area contributed by atoms with E-state index in [4.69, 9.17) is 0 Å². The van der Waals surface area contributed by atoms with Crippen molar-refractivity contribution in [3.63, 3.8) is 0 Å². The molecule has 1 aromatic carbocycles. The van der Waals surface area contributed by atoms with E-state index in [1.54, 1.807) is 12.3 Å². The number of nitrogens with one attached hydrogen (secondary N) is 1. The van der Waals surface area contributed by atoms with Crippen molar-refractivity contribution < 1.29 is 0 Å². The molecule has 0 saturated heterocycles. The van der Waals surface area contributed by atoms with Crippen LogP contribution in [0.3, 0.4) is 0 Å². The molecule has 0 aliphatic carbocycles. The molecule has 2 heterocycles. The number of H-pyrrole nitrogens is 1. The minimum atomic E-state index is -0.276. The van der Waals surface area contributed by atoms with Gasteiger partial charge in [-0.1, -0.05) is 30.3 Å². The van der Waals surface area contributed by atoms with Gasteiger partial charge in [-0.2, -0.15) is 5.10 Å². The van der Waals surface area contributed by atoms with Crippen LogP contribution in [0.2, 0.25) is 0 Å². The number of aromatic nitrogens is 4. The highest BCUT2D eigenvalue weighted by Gasteiger charge is 2.07. The van der Waals surface area contributed by atoms with Gasteiger partial charge in [0.25, 0.3) is 0 Å². The normalized spacial score (nSPS) is 10.8. The topological polar surface area (TPSA) is 63.0 Å². The summed E-state index contributed by atoms with van der Waals surface area (Å²) in [5.41, 5.74) is 1.18. The van der Waals surface area contributed by atoms with Crippen LogP contribution in [0.25, 0.3) is 17.0 Å². The third kappa shape index (κ3) is 1.22. The summed E-state index contributed by atoms with van der Waals surface area (Å²) in [7, 11) is 0. The van der Waals surface area contributed by atoms with Gasteiger partial charge in [-0.15, -0.1) is 0 Å². The number of nitrogens with zero attached hydrogens (tertiary/aromatic N) is 3. The van der Waals surface area contributed by atoms with Crippen LogP contribution in [0.15, 0.2) is 47.4 Å². The molecule has 0 aliphatic heterocycles. The second kappa shape index (κ2) is 3.30. The first-order valence-corrected chi connectivity index (χ1v) is 4.84. The molecule has 0 unspecified atom stereocenters. The Hall–Kier alpha value is -2.43. The van der Waals surface area contributed by atoms with Crippen LogP contribution < -0.4 is 5.69 Å². The van der Waals surface area contributed by atoms with Crippen molar-refractivity contribution in [3.05, 3.63) is 53.1 Å². The van der Waals surface area contributed by atoms with E-state index in [2.05, 4.69) is 15.2 Å². The molecule has 16 heavy (non-hydrogen) atoms. The summed E-state index contributed by atoms with van der Waals surface area (Å²) in [6.07, 6.45) is 1.64. The summed E-state index contributed by atoms with van der Waals surface area (Å²) >= 11 is 0. The van der Waals surface area contributed by atoms with E-state index in [-0.39, 0.29) is 5.69 Å². The van der Waals surface area contributed by atoms with Gasteiger partial charge in [0.1, 0.15) is 5.82 Å². The van der Waals surface area contributed by atoms with Crippen molar-refractivity contribution in [1.29, 1.82) is 0 Å². The first-order chi connectivity index (χ1) is 7.86. The average molecular weight is 212 g/mol. The number of hydrogen-bond donors (Lipinski definition) is 1. The number of fused-ring (bicyclic) bond motifs is 1. The molecule has 0 aliphatic rings. The van der Waals surface area contributed by atoms with Crippen LogP contribution in [0, 0.1) is 0 Å². The van der Waals surface area contributed by atoms with Gasteiger partial charge in [0.15, 0.2) is 5.65 Å². The molecular formula is C11H8N4O. The minimum absolute atomic E-state index is 0.276. The van der Waals surface area contributed by atoms with Gasteiger partial charge in [-0.3, -0.25) is 0 Å². The van der Waals surface area contributed by atoms with Crippen LogP contribution in [0.1, 0.15) is 0 Å².